The minimum Gasteiger partial charge on any atom is -0.396 e. The predicted octanol–water partition coefficient (Wildman–Crippen LogP) is 0.461. The predicted molar refractivity (Wildman–Crippen MR) is 55.8 cm³/mol. The van der Waals surface area contributed by atoms with Gasteiger partial charge in [-0.1, -0.05) is 0 Å². The van der Waals surface area contributed by atoms with Gasteiger partial charge in [-0.3, -0.25) is 0 Å². The average molecular weight is 202 g/mol. The highest BCUT2D eigenvalue weighted by molar-refractivity contribution is 5.35. The molecule has 6 nitrogen and oxygen atoms in total. The van der Waals surface area contributed by atoms with Gasteiger partial charge in [-0.25, -0.2) is 9.97 Å². The summed E-state index contributed by atoms with van der Waals surface area (Å²) < 4.78 is 0. The second-order valence-electron chi connectivity index (χ2n) is 2.91. The van der Waals surface area contributed by atoms with Crippen LogP contribution in [-0.4, -0.2) is 20.2 Å². The fourth-order valence-corrected chi connectivity index (χ4v) is 1.03. The SMILES string of the molecule is Nc1cnc(NCc2cccnn2)nc1. The average Bonchev–Trinajstić information content (AvgIpc) is 2.30. The van der Waals surface area contributed by atoms with Crippen LogP contribution in [0.1, 0.15) is 5.69 Å². The maximum atomic E-state index is 5.46. The number of hydrogen-bond donors (Lipinski definition) is 2. The molecule has 0 aliphatic carbocycles. The third kappa shape index (κ3) is 2.60. The topological polar surface area (TPSA) is 89.6 Å². The Labute approximate surface area is 86.6 Å². The molecule has 0 amide bonds. The Hall–Kier alpha value is -2.24. The monoisotopic (exact) mass is 202 g/mol. The minimum absolute atomic E-state index is 0.523. The Bertz CT molecular complexity index is 412. The summed E-state index contributed by atoms with van der Waals surface area (Å²) in [6.45, 7) is 0.539. The van der Waals surface area contributed by atoms with Crippen molar-refractivity contribution < 1.29 is 0 Å². The lowest BCUT2D eigenvalue weighted by molar-refractivity contribution is 0.913. The van der Waals surface area contributed by atoms with E-state index in [0.717, 1.165) is 5.69 Å². The summed E-state index contributed by atoms with van der Waals surface area (Å²) in [4.78, 5) is 8.00. The van der Waals surface area contributed by atoms with Crippen molar-refractivity contribution in [2.24, 2.45) is 0 Å². The van der Waals surface area contributed by atoms with Crippen LogP contribution in [0.4, 0.5) is 11.6 Å². The van der Waals surface area contributed by atoms with E-state index >= 15 is 0 Å². The van der Waals surface area contributed by atoms with Crippen LogP contribution >= 0.6 is 0 Å². The number of aromatic nitrogens is 4. The fraction of sp³-hybridized carbons (Fsp3) is 0.111. The van der Waals surface area contributed by atoms with E-state index in [1.807, 2.05) is 12.1 Å². The van der Waals surface area contributed by atoms with Gasteiger partial charge in [0.1, 0.15) is 0 Å². The molecular weight excluding hydrogens is 192 g/mol. The standard InChI is InChI=1S/C9H10N6/c10-7-4-11-9(12-5-7)13-6-8-2-1-3-14-15-8/h1-5H,6,10H2,(H,11,12,13). The highest BCUT2D eigenvalue weighted by Gasteiger charge is 1.96. The van der Waals surface area contributed by atoms with Gasteiger partial charge in [0.25, 0.3) is 0 Å². The molecule has 2 aromatic heterocycles. The van der Waals surface area contributed by atoms with Crippen molar-refractivity contribution in [3.8, 4) is 0 Å². The van der Waals surface area contributed by atoms with Crippen molar-refractivity contribution >= 4 is 11.6 Å². The molecule has 0 aromatic carbocycles. The molecule has 0 atom stereocenters. The normalized spacial score (nSPS) is 9.87. The first-order chi connectivity index (χ1) is 7.34. The summed E-state index contributed by atoms with van der Waals surface area (Å²) in [5, 5.41) is 10.7. The molecule has 76 valence electrons. The molecule has 0 spiro atoms. The zero-order chi connectivity index (χ0) is 10.5. The van der Waals surface area contributed by atoms with Gasteiger partial charge in [-0.05, 0) is 12.1 Å². The van der Waals surface area contributed by atoms with Crippen molar-refractivity contribution in [3.63, 3.8) is 0 Å². The summed E-state index contributed by atoms with van der Waals surface area (Å²) in [7, 11) is 0. The molecule has 0 aliphatic heterocycles. The van der Waals surface area contributed by atoms with E-state index in [4.69, 9.17) is 5.73 Å². The molecule has 6 heteroatoms. The van der Waals surface area contributed by atoms with Gasteiger partial charge < -0.3 is 11.1 Å². The molecule has 2 aromatic rings. The van der Waals surface area contributed by atoms with Crippen LogP contribution in [0, 0.1) is 0 Å². The van der Waals surface area contributed by atoms with Gasteiger partial charge in [0.05, 0.1) is 30.3 Å². The fourth-order valence-electron chi connectivity index (χ4n) is 1.03. The first-order valence-corrected chi connectivity index (χ1v) is 4.42. The maximum absolute atomic E-state index is 5.46. The lowest BCUT2D eigenvalue weighted by atomic mass is 10.4. The molecule has 0 fully saturated rings. The second kappa shape index (κ2) is 4.32. The molecule has 0 radical (unpaired) electrons. The molecule has 0 saturated heterocycles. The number of rotatable bonds is 3. The van der Waals surface area contributed by atoms with Crippen molar-refractivity contribution in [2.45, 2.75) is 6.54 Å². The molecule has 0 unspecified atom stereocenters. The molecule has 15 heavy (non-hydrogen) atoms. The van der Waals surface area contributed by atoms with Crippen LogP contribution in [0.25, 0.3) is 0 Å². The number of nitrogens with zero attached hydrogens (tertiary/aromatic N) is 4. The van der Waals surface area contributed by atoms with Crippen LogP contribution in [0.15, 0.2) is 30.7 Å². The zero-order valence-electron chi connectivity index (χ0n) is 7.96. The molecule has 2 rings (SSSR count). The van der Waals surface area contributed by atoms with Gasteiger partial charge in [0, 0.05) is 6.20 Å². The van der Waals surface area contributed by atoms with Crippen LogP contribution in [-0.2, 0) is 6.54 Å². The van der Waals surface area contributed by atoms with Gasteiger partial charge in [0.15, 0.2) is 0 Å². The molecule has 0 aliphatic rings. The van der Waals surface area contributed by atoms with E-state index in [2.05, 4.69) is 25.5 Å². The largest absolute Gasteiger partial charge is 0.396 e. The maximum Gasteiger partial charge on any atom is 0.223 e. The highest BCUT2D eigenvalue weighted by Crippen LogP contribution is 2.02. The van der Waals surface area contributed by atoms with E-state index in [9.17, 15) is 0 Å². The zero-order valence-corrected chi connectivity index (χ0v) is 7.96. The quantitative estimate of drug-likeness (QED) is 0.751. The van der Waals surface area contributed by atoms with Crippen molar-refractivity contribution in [3.05, 3.63) is 36.4 Å². The van der Waals surface area contributed by atoms with Crippen LogP contribution in [0.5, 0.6) is 0 Å². The number of nitrogens with two attached hydrogens (primary N) is 1. The van der Waals surface area contributed by atoms with E-state index in [1.165, 1.54) is 0 Å². The number of nitrogen functional groups attached to an aromatic ring is 1. The molecule has 0 saturated carbocycles. The van der Waals surface area contributed by atoms with Gasteiger partial charge in [-0.15, -0.1) is 0 Å². The molecule has 3 N–H and O–H groups in total. The lowest BCUT2D eigenvalue weighted by Crippen LogP contribution is -2.05. The molecular formula is C9H10N6. The Morgan fingerprint density at radius 1 is 1.27 bits per heavy atom. The van der Waals surface area contributed by atoms with Crippen LogP contribution < -0.4 is 11.1 Å². The minimum atomic E-state index is 0.523. The summed E-state index contributed by atoms with van der Waals surface area (Å²) in [6, 6.07) is 3.70. The third-order valence-electron chi connectivity index (χ3n) is 1.73. The van der Waals surface area contributed by atoms with Gasteiger partial charge >= 0.3 is 0 Å². The first kappa shape index (κ1) is 9.32. The number of hydrogen-bond acceptors (Lipinski definition) is 6. The summed E-state index contributed by atoms with van der Waals surface area (Å²) >= 11 is 0. The van der Waals surface area contributed by atoms with E-state index in [-0.39, 0.29) is 0 Å². The van der Waals surface area contributed by atoms with Crippen molar-refractivity contribution in [1.82, 2.24) is 20.2 Å². The molecule has 2 heterocycles. The van der Waals surface area contributed by atoms with E-state index < -0.39 is 0 Å². The highest BCUT2D eigenvalue weighted by atomic mass is 15.1. The van der Waals surface area contributed by atoms with Crippen LogP contribution in [0.2, 0.25) is 0 Å². The molecule has 0 bridgehead atoms. The van der Waals surface area contributed by atoms with Gasteiger partial charge in [0.2, 0.25) is 5.95 Å². The van der Waals surface area contributed by atoms with Crippen molar-refractivity contribution in [2.75, 3.05) is 11.1 Å². The van der Waals surface area contributed by atoms with E-state index in [0.29, 0.717) is 18.2 Å². The third-order valence-corrected chi connectivity index (χ3v) is 1.73. The Morgan fingerprint density at radius 2 is 2.07 bits per heavy atom. The van der Waals surface area contributed by atoms with Crippen LogP contribution in [0.3, 0.4) is 0 Å². The Kier molecular flexibility index (Phi) is 2.68. The number of anilines is 2. The Balaban J connectivity index is 1.96. The van der Waals surface area contributed by atoms with Gasteiger partial charge in [-0.2, -0.15) is 10.2 Å². The summed E-state index contributed by atoms with van der Waals surface area (Å²) in [6.07, 6.45) is 4.72. The summed E-state index contributed by atoms with van der Waals surface area (Å²) in [5.41, 5.74) is 6.83. The first-order valence-electron chi connectivity index (χ1n) is 4.42. The second-order valence-corrected chi connectivity index (χ2v) is 2.91. The van der Waals surface area contributed by atoms with E-state index in [1.54, 1.807) is 18.6 Å². The smallest absolute Gasteiger partial charge is 0.223 e. The Morgan fingerprint density at radius 3 is 2.73 bits per heavy atom. The van der Waals surface area contributed by atoms with Crippen molar-refractivity contribution in [1.29, 1.82) is 0 Å². The summed E-state index contributed by atoms with van der Waals surface area (Å²) in [5.74, 6) is 0.523. The number of nitrogens with one attached hydrogen (secondary N) is 1. The lowest BCUT2D eigenvalue weighted by Gasteiger charge is -2.02.